The summed E-state index contributed by atoms with van der Waals surface area (Å²) in [6.07, 6.45) is 1.56. The summed E-state index contributed by atoms with van der Waals surface area (Å²) in [6, 6.07) is 2.33. The normalized spacial score (nSPS) is 12.1. The number of nitrogens with zero attached hydrogens (tertiary/aromatic N) is 1. The van der Waals surface area contributed by atoms with Crippen molar-refractivity contribution in [1.82, 2.24) is 4.31 Å². The van der Waals surface area contributed by atoms with E-state index in [2.05, 4.69) is 0 Å². The van der Waals surface area contributed by atoms with Crippen LogP contribution in [-0.2, 0) is 10.0 Å². The smallest absolute Gasteiger partial charge is 0.207 e. The summed E-state index contributed by atoms with van der Waals surface area (Å²) in [7, 11) is -3.82. The number of unbranched alkanes of at least 4 members (excludes halogenated alkanes) is 1. The molecule has 0 N–H and O–H groups in total. The minimum atomic E-state index is -3.82. The van der Waals surface area contributed by atoms with Crippen LogP contribution in [0.4, 0.5) is 8.78 Å². The largest absolute Gasteiger partial charge is 0.243 e. The van der Waals surface area contributed by atoms with Crippen molar-refractivity contribution < 1.29 is 17.2 Å². The number of rotatable bonds is 6. The average Bonchev–Trinajstić information content (AvgIpc) is 2.28. The van der Waals surface area contributed by atoms with Crippen molar-refractivity contribution in [2.45, 2.75) is 31.6 Å². The van der Waals surface area contributed by atoms with E-state index in [9.17, 15) is 17.2 Å². The van der Waals surface area contributed by atoms with Crippen molar-refractivity contribution in [2.24, 2.45) is 0 Å². The third-order valence-corrected chi connectivity index (χ3v) is 4.54. The second kappa shape index (κ2) is 6.24. The zero-order valence-corrected chi connectivity index (χ0v) is 11.3. The van der Waals surface area contributed by atoms with Crippen LogP contribution in [0.2, 0.25) is 0 Å². The molecule has 0 aliphatic carbocycles. The number of sulfonamides is 1. The quantitative estimate of drug-likeness (QED) is 0.802. The van der Waals surface area contributed by atoms with Crippen LogP contribution in [0, 0.1) is 11.6 Å². The molecule has 0 fully saturated rings. The Morgan fingerprint density at radius 1 is 1.11 bits per heavy atom. The van der Waals surface area contributed by atoms with E-state index in [-0.39, 0.29) is 11.4 Å². The highest BCUT2D eigenvalue weighted by Gasteiger charge is 2.23. The minimum absolute atomic E-state index is 0.278. The third kappa shape index (κ3) is 3.49. The maximum absolute atomic E-state index is 13.1. The molecule has 0 bridgehead atoms. The second-order valence-electron chi connectivity index (χ2n) is 3.96. The molecule has 18 heavy (non-hydrogen) atoms. The molecule has 3 nitrogen and oxygen atoms in total. The first-order chi connectivity index (χ1) is 8.41. The number of benzene rings is 1. The van der Waals surface area contributed by atoms with E-state index in [0.717, 1.165) is 18.6 Å². The first kappa shape index (κ1) is 15.0. The topological polar surface area (TPSA) is 37.4 Å². The van der Waals surface area contributed by atoms with E-state index < -0.39 is 21.7 Å². The molecule has 0 spiro atoms. The van der Waals surface area contributed by atoms with Gasteiger partial charge in [0, 0.05) is 19.2 Å². The summed E-state index contributed by atoms with van der Waals surface area (Å²) >= 11 is 0. The summed E-state index contributed by atoms with van der Waals surface area (Å²) in [5.41, 5.74) is 0. The van der Waals surface area contributed by atoms with Gasteiger partial charge in [-0.05, 0) is 18.6 Å². The lowest BCUT2D eigenvalue weighted by Gasteiger charge is -2.20. The Balaban J connectivity index is 3.10. The fourth-order valence-electron chi connectivity index (χ4n) is 1.61. The van der Waals surface area contributed by atoms with Gasteiger partial charge in [0.25, 0.3) is 0 Å². The molecular weight excluding hydrogens is 260 g/mol. The van der Waals surface area contributed by atoms with E-state index in [0.29, 0.717) is 19.0 Å². The van der Waals surface area contributed by atoms with Crippen molar-refractivity contribution >= 4 is 10.0 Å². The third-order valence-electron chi connectivity index (χ3n) is 2.59. The van der Waals surface area contributed by atoms with Gasteiger partial charge in [-0.3, -0.25) is 0 Å². The summed E-state index contributed by atoms with van der Waals surface area (Å²) < 4.78 is 51.7. The van der Waals surface area contributed by atoms with Crippen molar-refractivity contribution in [3.8, 4) is 0 Å². The van der Waals surface area contributed by atoms with Gasteiger partial charge in [-0.15, -0.1) is 0 Å². The van der Waals surface area contributed by atoms with Gasteiger partial charge >= 0.3 is 0 Å². The minimum Gasteiger partial charge on any atom is -0.207 e. The first-order valence-corrected chi connectivity index (χ1v) is 7.32. The van der Waals surface area contributed by atoms with Crippen LogP contribution in [0.25, 0.3) is 0 Å². The lowest BCUT2D eigenvalue weighted by molar-refractivity contribution is 0.418. The highest BCUT2D eigenvalue weighted by Crippen LogP contribution is 2.18. The van der Waals surface area contributed by atoms with Crippen molar-refractivity contribution in [2.75, 3.05) is 13.1 Å². The summed E-state index contributed by atoms with van der Waals surface area (Å²) in [6.45, 7) is 4.28. The average molecular weight is 277 g/mol. The van der Waals surface area contributed by atoms with Gasteiger partial charge in [0.1, 0.15) is 11.6 Å². The van der Waals surface area contributed by atoms with Gasteiger partial charge in [0.15, 0.2) is 0 Å². The fraction of sp³-hybridized carbons (Fsp3) is 0.500. The van der Waals surface area contributed by atoms with Crippen molar-refractivity contribution in [3.05, 3.63) is 29.8 Å². The Hall–Kier alpha value is -1.01. The molecule has 0 atom stereocenters. The summed E-state index contributed by atoms with van der Waals surface area (Å²) in [5.74, 6) is -1.78. The highest BCUT2D eigenvalue weighted by molar-refractivity contribution is 7.89. The Kier molecular flexibility index (Phi) is 5.22. The van der Waals surface area contributed by atoms with Crippen molar-refractivity contribution in [1.29, 1.82) is 0 Å². The lowest BCUT2D eigenvalue weighted by atomic mass is 10.3. The molecule has 0 saturated heterocycles. The Morgan fingerprint density at radius 2 is 1.67 bits per heavy atom. The van der Waals surface area contributed by atoms with Crippen LogP contribution < -0.4 is 0 Å². The molecule has 1 aromatic rings. The monoisotopic (exact) mass is 277 g/mol. The maximum Gasteiger partial charge on any atom is 0.243 e. The molecule has 1 rings (SSSR count). The maximum atomic E-state index is 13.1. The molecular formula is C12H17F2NO2S. The molecule has 0 aliphatic rings. The van der Waals surface area contributed by atoms with E-state index in [1.807, 2.05) is 6.92 Å². The highest BCUT2D eigenvalue weighted by atomic mass is 32.2. The molecule has 0 amide bonds. The predicted molar refractivity (Wildman–Crippen MR) is 65.7 cm³/mol. The van der Waals surface area contributed by atoms with Crippen LogP contribution in [0.15, 0.2) is 23.1 Å². The van der Waals surface area contributed by atoms with Gasteiger partial charge in [0.05, 0.1) is 4.90 Å². The fourth-order valence-corrected chi connectivity index (χ4v) is 3.14. The predicted octanol–water partition coefficient (Wildman–Crippen LogP) is 2.78. The number of hydrogen-bond donors (Lipinski definition) is 0. The van der Waals surface area contributed by atoms with E-state index in [1.165, 1.54) is 4.31 Å². The molecule has 0 aromatic heterocycles. The van der Waals surface area contributed by atoms with Crippen molar-refractivity contribution in [3.63, 3.8) is 0 Å². The lowest BCUT2D eigenvalue weighted by Crippen LogP contribution is -2.32. The van der Waals surface area contributed by atoms with Crippen LogP contribution in [-0.4, -0.2) is 25.8 Å². The number of hydrogen-bond acceptors (Lipinski definition) is 2. The zero-order valence-electron chi connectivity index (χ0n) is 10.5. The molecule has 0 radical (unpaired) electrons. The summed E-state index contributed by atoms with van der Waals surface area (Å²) in [5, 5.41) is 0. The van der Waals surface area contributed by atoms with E-state index >= 15 is 0 Å². The molecule has 1 aromatic carbocycles. The zero-order chi connectivity index (χ0) is 13.8. The molecule has 0 saturated carbocycles. The van der Waals surface area contributed by atoms with Gasteiger partial charge < -0.3 is 0 Å². The van der Waals surface area contributed by atoms with Gasteiger partial charge in [-0.2, -0.15) is 4.31 Å². The number of halogens is 2. The van der Waals surface area contributed by atoms with Crippen LogP contribution in [0.1, 0.15) is 26.7 Å². The van der Waals surface area contributed by atoms with Gasteiger partial charge in [-0.1, -0.05) is 20.3 Å². The molecule has 6 heteroatoms. The van der Waals surface area contributed by atoms with Crippen LogP contribution in [0.3, 0.4) is 0 Å². The molecule has 0 heterocycles. The standard InChI is InChI=1S/C12H17F2NO2S/c1-3-5-6-15(4-2)18(16,17)12-8-10(13)7-11(14)9-12/h7-9H,3-6H2,1-2H3. The Morgan fingerprint density at radius 3 is 2.11 bits per heavy atom. The summed E-state index contributed by atoms with van der Waals surface area (Å²) in [4.78, 5) is -0.335. The van der Waals surface area contributed by atoms with Gasteiger partial charge in [0.2, 0.25) is 10.0 Å². The Bertz CT molecular complexity index is 483. The van der Waals surface area contributed by atoms with Crippen LogP contribution in [0.5, 0.6) is 0 Å². The van der Waals surface area contributed by atoms with E-state index in [1.54, 1.807) is 6.92 Å². The Labute approximate surface area is 106 Å². The van der Waals surface area contributed by atoms with E-state index in [4.69, 9.17) is 0 Å². The van der Waals surface area contributed by atoms with Crippen LogP contribution >= 0.6 is 0 Å². The molecule has 0 unspecified atom stereocenters. The second-order valence-corrected chi connectivity index (χ2v) is 5.89. The van der Waals surface area contributed by atoms with Gasteiger partial charge in [-0.25, -0.2) is 17.2 Å². The molecule has 0 aliphatic heterocycles. The molecule has 102 valence electrons. The SMILES string of the molecule is CCCCN(CC)S(=O)(=O)c1cc(F)cc(F)c1. The first-order valence-electron chi connectivity index (χ1n) is 5.88.